The van der Waals surface area contributed by atoms with Crippen LogP contribution in [0.3, 0.4) is 0 Å². The topological polar surface area (TPSA) is 121 Å². The van der Waals surface area contributed by atoms with Crippen LogP contribution in [0, 0.1) is 0 Å². The number of hydrogen-bond acceptors (Lipinski definition) is 6. The van der Waals surface area contributed by atoms with Gasteiger partial charge in [-0.3, -0.25) is 9.87 Å². The molecule has 10 heteroatoms. The molecule has 1 aromatic heterocycles. The minimum Gasteiger partial charge on any atom is -0.444 e. The maximum atomic E-state index is 11.5. The van der Waals surface area contributed by atoms with Crippen LogP contribution in [0.4, 0.5) is 4.79 Å². The highest BCUT2D eigenvalue weighted by Gasteiger charge is 2.45. The van der Waals surface area contributed by atoms with Crippen LogP contribution in [0.25, 0.3) is 10.9 Å². The van der Waals surface area contributed by atoms with Gasteiger partial charge in [0.2, 0.25) is 5.72 Å². The Labute approximate surface area is 162 Å². The van der Waals surface area contributed by atoms with Crippen molar-refractivity contribution in [3.63, 3.8) is 0 Å². The van der Waals surface area contributed by atoms with E-state index in [0.29, 0.717) is 12.0 Å². The van der Waals surface area contributed by atoms with Gasteiger partial charge in [0.1, 0.15) is 6.61 Å². The lowest BCUT2D eigenvalue weighted by Gasteiger charge is -2.39. The van der Waals surface area contributed by atoms with Gasteiger partial charge in [0.15, 0.2) is 0 Å². The molecule has 1 saturated carbocycles. The number of carbonyl (C=O) groups is 1. The summed E-state index contributed by atoms with van der Waals surface area (Å²) in [5.41, 5.74) is 1.31. The molecule has 0 unspecified atom stereocenters. The Hall–Kier alpha value is -2.14. The van der Waals surface area contributed by atoms with Crippen LogP contribution in [-0.2, 0) is 25.7 Å². The molecule has 1 aliphatic heterocycles. The van der Waals surface area contributed by atoms with Crippen LogP contribution in [0.15, 0.2) is 24.4 Å². The first-order valence-electron chi connectivity index (χ1n) is 9.03. The Bertz CT molecular complexity index is 1010. The monoisotopic (exact) mass is 409 g/mol. The smallest absolute Gasteiger partial charge is 0.409 e. The fourth-order valence-electron chi connectivity index (χ4n) is 4.04. The number of H-pyrrole nitrogens is 1. The summed E-state index contributed by atoms with van der Waals surface area (Å²) in [7, 11) is -0.609. The summed E-state index contributed by atoms with van der Waals surface area (Å²) in [6, 6.07) is 6.28. The van der Waals surface area contributed by atoms with Gasteiger partial charge in [-0.25, -0.2) is 8.98 Å². The zero-order valence-corrected chi connectivity index (χ0v) is 16.5. The van der Waals surface area contributed by atoms with E-state index in [9.17, 15) is 13.2 Å². The number of amides is 1. The molecule has 2 aromatic rings. The molecule has 2 fully saturated rings. The predicted molar refractivity (Wildman–Crippen MR) is 101 cm³/mol. The average Bonchev–Trinajstić information content (AvgIpc) is 3.08. The molecule has 1 aromatic carbocycles. The van der Waals surface area contributed by atoms with Crippen molar-refractivity contribution in [2.24, 2.45) is 0 Å². The molecule has 1 saturated heterocycles. The molecule has 3 N–H and O–H groups in total. The van der Waals surface area contributed by atoms with Crippen LogP contribution >= 0.6 is 0 Å². The van der Waals surface area contributed by atoms with Gasteiger partial charge in [0, 0.05) is 29.6 Å². The highest BCUT2D eigenvalue weighted by Crippen LogP contribution is 2.42. The molecule has 0 spiro atoms. The zero-order chi connectivity index (χ0) is 20.1. The lowest BCUT2D eigenvalue weighted by molar-refractivity contribution is 0.0351. The second-order valence-corrected chi connectivity index (χ2v) is 8.82. The molecule has 0 bridgehead atoms. The zero-order valence-electron chi connectivity index (χ0n) is 15.6. The van der Waals surface area contributed by atoms with Crippen LogP contribution in [0.5, 0.6) is 0 Å². The summed E-state index contributed by atoms with van der Waals surface area (Å²) in [4.78, 5) is 17.0. The standard InChI is InChI=1S/C18H23N3O6S/c1-21(2)13-6-12(7-13)15-9-19-16-4-3-11(5-14(15)16)8-18(27-28(23,24)25)10-26-17(22)20-18/h3-5,9,12-13,19H,6-8,10H2,1-2H3,(H,20,22)(H,23,24,25)/t12?,13?,18-/m1/s1. The number of fused-ring (bicyclic) bond motifs is 1. The molecule has 2 heterocycles. The van der Waals surface area contributed by atoms with E-state index in [1.54, 1.807) is 0 Å². The summed E-state index contributed by atoms with van der Waals surface area (Å²) >= 11 is 0. The van der Waals surface area contributed by atoms with Gasteiger partial charge in [-0.05, 0) is 56.1 Å². The third-order valence-electron chi connectivity index (χ3n) is 5.58. The number of alkyl carbamates (subject to hydrolysis) is 1. The first kappa shape index (κ1) is 19.2. The second kappa shape index (κ2) is 6.73. The molecule has 152 valence electrons. The Kier molecular flexibility index (Phi) is 4.61. The number of carbonyl (C=O) groups excluding carboxylic acids is 1. The number of ether oxygens (including phenoxy) is 1. The predicted octanol–water partition coefficient (Wildman–Crippen LogP) is 1.77. The van der Waals surface area contributed by atoms with E-state index in [0.717, 1.165) is 29.3 Å². The largest absolute Gasteiger partial charge is 0.444 e. The van der Waals surface area contributed by atoms with Crippen molar-refractivity contribution in [2.45, 2.75) is 36.9 Å². The Morgan fingerprint density at radius 3 is 2.71 bits per heavy atom. The van der Waals surface area contributed by atoms with Crippen LogP contribution in [0.2, 0.25) is 0 Å². The van der Waals surface area contributed by atoms with E-state index in [1.807, 2.05) is 24.4 Å². The first-order chi connectivity index (χ1) is 13.1. The summed E-state index contributed by atoms with van der Waals surface area (Å²) in [6.07, 6.45) is 3.43. The number of cyclic esters (lactones) is 1. The molecule has 4 rings (SSSR count). The number of nitrogens with zero attached hydrogens (tertiary/aromatic N) is 1. The van der Waals surface area contributed by atoms with E-state index in [-0.39, 0.29) is 13.0 Å². The van der Waals surface area contributed by atoms with Gasteiger partial charge in [-0.1, -0.05) is 6.07 Å². The fraction of sp³-hybridized carbons (Fsp3) is 0.500. The van der Waals surface area contributed by atoms with Crippen molar-refractivity contribution in [3.8, 4) is 0 Å². The van der Waals surface area contributed by atoms with Crippen LogP contribution in [-0.4, -0.2) is 61.4 Å². The maximum Gasteiger partial charge on any atom is 0.409 e. The third kappa shape index (κ3) is 3.72. The molecule has 9 nitrogen and oxygen atoms in total. The van der Waals surface area contributed by atoms with E-state index < -0.39 is 22.2 Å². The third-order valence-corrected chi connectivity index (χ3v) is 6.11. The van der Waals surface area contributed by atoms with Gasteiger partial charge in [0.25, 0.3) is 0 Å². The maximum absolute atomic E-state index is 11.5. The van der Waals surface area contributed by atoms with Crippen molar-refractivity contribution < 1.29 is 26.7 Å². The number of aromatic amines is 1. The SMILES string of the molecule is CN(C)C1CC(c2c[nH]c3ccc(C[C@@]4(OS(=O)(=O)O)COC(=O)N4)cc23)C1. The number of aromatic nitrogens is 1. The summed E-state index contributed by atoms with van der Waals surface area (Å²) < 4.78 is 41.2. The molecule has 0 radical (unpaired) electrons. The van der Waals surface area contributed by atoms with Crippen molar-refractivity contribution >= 4 is 27.4 Å². The summed E-state index contributed by atoms with van der Waals surface area (Å²) in [6.45, 7) is -0.323. The van der Waals surface area contributed by atoms with Crippen LogP contribution < -0.4 is 5.32 Å². The van der Waals surface area contributed by atoms with Crippen molar-refractivity contribution in [1.29, 1.82) is 0 Å². The molecule has 1 aliphatic carbocycles. The van der Waals surface area contributed by atoms with Gasteiger partial charge in [0.05, 0.1) is 0 Å². The van der Waals surface area contributed by atoms with Gasteiger partial charge < -0.3 is 14.6 Å². The number of hydrogen-bond donors (Lipinski definition) is 3. The number of benzene rings is 1. The minimum absolute atomic E-state index is 0.0318. The highest BCUT2D eigenvalue weighted by atomic mass is 32.3. The summed E-state index contributed by atoms with van der Waals surface area (Å²) in [5.74, 6) is 0.467. The van der Waals surface area contributed by atoms with E-state index in [4.69, 9.17) is 13.5 Å². The number of nitrogens with one attached hydrogen (secondary N) is 2. The quantitative estimate of drug-likeness (QED) is 0.622. The Balaban J connectivity index is 1.60. The van der Waals surface area contributed by atoms with Gasteiger partial charge >= 0.3 is 16.5 Å². The highest BCUT2D eigenvalue weighted by molar-refractivity contribution is 7.80. The fourth-order valence-corrected chi connectivity index (χ4v) is 4.59. The van der Waals surface area contributed by atoms with E-state index >= 15 is 0 Å². The van der Waals surface area contributed by atoms with Crippen molar-refractivity contribution in [3.05, 3.63) is 35.5 Å². The molecule has 2 aliphatic rings. The normalized spacial score (nSPS) is 27.6. The lowest BCUT2D eigenvalue weighted by atomic mass is 9.75. The molecule has 1 atom stereocenters. The number of rotatable bonds is 6. The molecule has 1 amide bonds. The average molecular weight is 409 g/mol. The first-order valence-corrected chi connectivity index (χ1v) is 10.4. The van der Waals surface area contributed by atoms with E-state index in [2.05, 4.69) is 29.3 Å². The van der Waals surface area contributed by atoms with Crippen molar-refractivity contribution in [1.82, 2.24) is 15.2 Å². The van der Waals surface area contributed by atoms with Gasteiger partial charge in [-0.2, -0.15) is 8.42 Å². The Morgan fingerprint density at radius 1 is 1.36 bits per heavy atom. The lowest BCUT2D eigenvalue weighted by Crippen LogP contribution is -2.49. The minimum atomic E-state index is -4.78. The van der Waals surface area contributed by atoms with Crippen molar-refractivity contribution in [2.75, 3.05) is 20.7 Å². The second-order valence-electron chi connectivity index (χ2n) is 7.79. The molecule has 28 heavy (non-hydrogen) atoms. The molecular formula is C18H23N3O6S. The molecular weight excluding hydrogens is 386 g/mol. The van der Waals surface area contributed by atoms with E-state index in [1.165, 1.54) is 5.56 Å². The van der Waals surface area contributed by atoms with Crippen LogP contribution in [0.1, 0.15) is 29.9 Å². The van der Waals surface area contributed by atoms with Gasteiger partial charge in [-0.15, -0.1) is 0 Å². The Morgan fingerprint density at radius 2 is 2.11 bits per heavy atom. The summed E-state index contributed by atoms with van der Waals surface area (Å²) in [5, 5.41) is 3.42.